The second-order valence-corrected chi connectivity index (χ2v) is 6.87. The van der Waals surface area contributed by atoms with Crippen molar-refractivity contribution in [3.8, 4) is 0 Å². The van der Waals surface area contributed by atoms with Gasteiger partial charge in [-0.3, -0.25) is 5.32 Å². The average molecular weight is 435 g/mol. The number of hydrogen-bond acceptors (Lipinski definition) is 5. The summed E-state index contributed by atoms with van der Waals surface area (Å²) in [7, 11) is 1.62. The highest BCUT2D eigenvalue weighted by Gasteiger charge is 2.07. The Hall–Kier alpha value is -1.19. The molecule has 0 aliphatic rings. The van der Waals surface area contributed by atoms with Gasteiger partial charge in [-0.1, -0.05) is 17.7 Å². The zero-order valence-corrected chi connectivity index (χ0v) is 16.1. The minimum atomic E-state index is -0.317. The number of anilines is 1. The molecule has 6 nitrogen and oxygen atoms in total. The van der Waals surface area contributed by atoms with Gasteiger partial charge >= 0.3 is 6.03 Å². The molecule has 0 aliphatic carbocycles. The molecule has 2 N–H and O–H groups in total. The molecule has 0 saturated carbocycles. The number of methoxy groups -OCH3 is 1. The summed E-state index contributed by atoms with van der Waals surface area (Å²) in [6.07, 6.45) is 0. The van der Waals surface area contributed by atoms with Gasteiger partial charge in [0.2, 0.25) is 0 Å². The zero-order valence-electron chi connectivity index (χ0n) is 13.0. The second kappa shape index (κ2) is 9.95. The number of amides is 2. The molecule has 0 atom stereocenters. The first-order valence-electron chi connectivity index (χ1n) is 7.08. The largest absolute Gasteiger partial charge is 0.382 e. The first kappa shape index (κ1) is 19.1. The summed E-state index contributed by atoms with van der Waals surface area (Å²) in [5.41, 5.74) is 1.71. The van der Waals surface area contributed by atoms with Gasteiger partial charge in [-0.2, -0.15) is 0 Å². The molecule has 0 bridgehead atoms. The number of halogens is 2. The quantitative estimate of drug-likeness (QED) is 0.615. The Morgan fingerprint density at radius 1 is 1.42 bits per heavy atom. The predicted octanol–water partition coefficient (Wildman–Crippen LogP) is 4.04. The Balaban J connectivity index is 1.75. The molecule has 130 valence electrons. The summed E-state index contributed by atoms with van der Waals surface area (Å²) in [5.74, 6) is 0. The van der Waals surface area contributed by atoms with Crippen LogP contribution in [-0.2, 0) is 22.6 Å². The van der Waals surface area contributed by atoms with Crippen molar-refractivity contribution < 1.29 is 14.3 Å². The van der Waals surface area contributed by atoms with Crippen molar-refractivity contribution in [2.24, 2.45) is 0 Å². The number of nitrogens with one attached hydrogen (secondary N) is 2. The molecule has 1 aromatic carbocycles. The lowest BCUT2D eigenvalue weighted by molar-refractivity contribution is 0.0604. The van der Waals surface area contributed by atoms with Gasteiger partial charge in [-0.15, -0.1) is 11.3 Å². The molecule has 0 unspecified atom stereocenters. The van der Waals surface area contributed by atoms with E-state index in [9.17, 15) is 4.79 Å². The number of carbonyl (C=O) groups excluding carboxylic acids is 1. The molecule has 2 rings (SSSR count). The lowest BCUT2D eigenvalue weighted by Gasteiger charge is -2.06. The fraction of sp³-hybridized carbons (Fsp3) is 0.333. The Bertz CT molecular complexity index is 684. The summed E-state index contributed by atoms with van der Waals surface area (Å²) >= 11 is 10.6. The number of urea groups is 1. The maximum atomic E-state index is 11.9. The second-order valence-electron chi connectivity index (χ2n) is 4.75. The van der Waals surface area contributed by atoms with E-state index in [-0.39, 0.29) is 6.03 Å². The molecule has 2 amide bonds. The van der Waals surface area contributed by atoms with E-state index in [1.807, 2.05) is 17.5 Å². The summed E-state index contributed by atoms with van der Waals surface area (Å²) in [5, 5.41) is 8.47. The number of hydrogen-bond donors (Lipinski definition) is 2. The van der Waals surface area contributed by atoms with Crippen LogP contribution in [0.1, 0.15) is 11.3 Å². The van der Waals surface area contributed by atoms with E-state index < -0.39 is 0 Å². The fourth-order valence-electron chi connectivity index (χ4n) is 1.72. The fourth-order valence-corrected chi connectivity index (χ4v) is 2.96. The van der Waals surface area contributed by atoms with Crippen LogP contribution in [0.25, 0.3) is 0 Å². The van der Waals surface area contributed by atoms with E-state index in [0.717, 1.165) is 15.7 Å². The number of nitrogens with zero attached hydrogens (tertiary/aromatic N) is 1. The van der Waals surface area contributed by atoms with E-state index in [0.29, 0.717) is 36.5 Å². The Morgan fingerprint density at radius 2 is 2.25 bits per heavy atom. The molecule has 1 heterocycles. The Kier molecular flexibility index (Phi) is 7.93. The van der Waals surface area contributed by atoms with Crippen molar-refractivity contribution in [2.75, 3.05) is 25.6 Å². The number of rotatable bonds is 8. The van der Waals surface area contributed by atoms with Gasteiger partial charge in [-0.05, 0) is 33.6 Å². The highest BCUT2D eigenvalue weighted by atomic mass is 79.9. The number of ether oxygens (including phenoxy) is 2. The van der Waals surface area contributed by atoms with Crippen LogP contribution < -0.4 is 10.6 Å². The van der Waals surface area contributed by atoms with Gasteiger partial charge in [0, 0.05) is 23.5 Å². The highest BCUT2D eigenvalue weighted by Crippen LogP contribution is 2.23. The van der Waals surface area contributed by atoms with E-state index in [2.05, 4.69) is 31.5 Å². The van der Waals surface area contributed by atoms with E-state index in [1.165, 1.54) is 11.3 Å². The number of aromatic nitrogens is 1. The molecule has 24 heavy (non-hydrogen) atoms. The van der Waals surface area contributed by atoms with Gasteiger partial charge < -0.3 is 14.8 Å². The van der Waals surface area contributed by atoms with Crippen molar-refractivity contribution in [3.05, 3.63) is 44.3 Å². The van der Waals surface area contributed by atoms with Gasteiger partial charge in [0.25, 0.3) is 0 Å². The molecule has 0 radical (unpaired) electrons. The van der Waals surface area contributed by atoms with Crippen LogP contribution in [0.5, 0.6) is 0 Å². The van der Waals surface area contributed by atoms with Crippen molar-refractivity contribution >= 4 is 50.0 Å². The van der Waals surface area contributed by atoms with Gasteiger partial charge in [0.15, 0.2) is 5.13 Å². The van der Waals surface area contributed by atoms with Crippen molar-refractivity contribution in [2.45, 2.75) is 13.2 Å². The Morgan fingerprint density at radius 3 is 3.00 bits per heavy atom. The van der Waals surface area contributed by atoms with Gasteiger partial charge in [0.05, 0.1) is 30.5 Å². The van der Waals surface area contributed by atoms with Crippen LogP contribution in [0.4, 0.5) is 9.93 Å². The first-order valence-corrected chi connectivity index (χ1v) is 9.13. The first-order chi connectivity index (χ1) is 11.6. The molecule has 0 aliphatic heterocycles. The summed E-state index contributed by atoms with van der Waals surface area (Å²) < 4.78 is 11.1. The van der Waals surface area contributed by atoms with E-state index >= 15 is 0 Å². The van der Waals surface area contributed by atoms with E-state index in [4.69, 9.17) is 21.1 Å². The van der Waals surface area contributed by atoms with Gasteiger partial charge in [0.1, 0.15) is 0 Å². The van der Waals surface area contributed by atoms with Crippen molar-refractivity contribution in [3.63, 3.8) is 0 Å². The third kappa shape index (κ3) is 6.37. The number of carbonyl (C=O) groups is 1. The smallest absolute Gasteiger partial charge is 0.321 e. The van der Waals surface area contributed by atoms with E-state index in [1.54, 1.807) is 13.2 Å². The third-order valence-electron chi connectivity index (χ3n) is 2.89. The van der Waals surface area contributed by atoms with Crippen LogP contribution in [0.15, 0.2) is 28.1 Å². The summed E-state index contributed by atoms with van der Waals surface area (Å²) in [6.45, 7) is 1.83. The summed E-state index contributed by atoms with van der Waals surface area (Å²) in [6, 6.07) is 5.17. The SMILES string of the molecule is COCCOCc1csc(NC(=O)NCc2ccc(Cl)c(Br)c2)n1. The molecular weight excluding hydrogens is 418 g/mol. The lowest BCUT2D eigenvalue weighted by atomic mass is 10.2. The molecule has 9 heteroatoms. The molecule has 2 aromatic rings. The third-order valence-corrected chi connectivity index (χ3v) is 4.91. The van der Waals surface area contributed by atoms with Crippen LogP contribution in [0.3, 0.4) is 0 Å². The molecule has 0 spiro atoms. The predicted molar refractivity (Wildman–Crippen MR) is 98.7 cm³/mol. The minimum Gasteiger partial charge on any atom is -0.382 e. The average Bonchev–Trinajstić information content (AvgIpc) is 3.00. The molecular formula is C15H17BrClN3O3S. The topological polar surface area (TPSA) is 72.5 Å². The van der Waals surface area contributed by atoms with Crippen LogP contribution in [-0.4, -0.2) is 31.3 Å². The van der Waals surface area contributed by atoms with Crippen LogP contribution in [0, 0.1) is 0 Å². The molecule has 0 fully saturated rings. The highest BCUT2D eigenvalue weighted by molar-refractivity contribution is 9.10. The normalized spacial score (nSPS) is 10.6. The zero-order chi connectivity index (χ0) is 17.4. The number of thiazole rings is 1. The van der Waals surface area contributed by atoms with Gasteiger partial charge in [-0.25, -0.2) is 9.78 Å². The Labute approximate surface area is 157 Å². The summed E-state index contributed by atoms with van der Waals surface area (Å²) in [4.78, 5) is 16.2. The maximum absolute atomic E-state index is 11.9. The van der Waals surface area contributed by atoms with Crippen molar-refractivity contribution in [1.29, 1.82) is 0 Å². The molecule has 0 saturated heterocycles. The lowest BCUT2D eigenvalue weighted by Crippen LogP contribution is -2.28. The maximum Gasteiger partial charge on any atom is 0.321 e. The minimum absolute atomic E-state index is 0.317. The molecule has 1 aromatic heterocycles. The number of benzene rings is 1. The standard InChI is InChI=1S/C15H17BrClN3O3S/c1-22-4-5-23-8-11-9-24-15(19-11)20-14(21)18-7-10-2-3-13(17)12(16)6-10/h2-3,6,9H,4-5,7-8H2,1H3,(H2,18,19,20,21). The van der Waals surface area contributed by atoms with Crippen LogP contribution >= 0.6 is 38.9 Å². The van der Waals surface area contributed by atoms with Crippen molar-refractivity contribution in [1.82, 2.24) is 10.3 Å². The monoisotopic (exact) mass is 433 g/mol. The van der Waals surface area contributed by atoms with Crippen LogP contribution in [0.2, 0.25) is 5.02 Å².